The van der Waals surface area contributed by atoms with Crippen molar-refractivity contribution in [1.29, 1.82) is 0 Å². The standard InChI is InChI=1S/C16H21N3OS/c1-16(20)6-3-8-19(9-7-16)15-13-10-12(21-2)4-5-14(13)17-11-18-15/h4-5,10-11,20H,3,6-9H2,1-2H3. The average Bonchev–Trinajstić information content (AvgIpc) is 2.67. The molecule has 1 unspecified atom stereocenters. The molecule has 4 nitrogen and oxygen atoms in total. The minimum Gasteiger partial charge on any atom is -0.390 e. The van der Waals surface area contributed by atoms with Crippen molar-refractivity contribution in [3.8, 4) is 0 Å². The average molecular weight is 303 g/mol. The molecule has 5 heteroatoms. The zero-order valence-electron chi connectivity index (χ0n) is 12.5. The fraction of sp³-hybridized carbons (Fsp3) is 0.500. The van der Waals surface area contributed by atoms with E-state index in [2.05, 4.69) is 39.3 Å². The Morgan fingerprint density at radius 3 is 2.90 bits per heavy atom. The maximum atomic E-state index is 10.3. The van der Waals surface area contributed by atoms with Crippen molar-refractivity contribution in [2.24, 2.45) is 0 Å². The van der Waals surface area contributed by atoms with Gasteiger partial charge in [-0.05, 0) is 50.6 Å². The lowest BCUT2D eigenvalue weighted by Gasteiger charge is -2.24. The monoisotopic (exact) mass is 303 g/mol. The third-order valence-electron chi connectivity index (χ3n) is 4.18. The first-order valence-corrected chi connectivity index (χ1v) is 8.58. The van der Waals surface area contributed by atoms with E-state index in [1.807, 2.05) is 6.92 Å². The van der Waals surface area contributed by atoms with Gasteiger partial charge in [0, 0.05) is 23.4 Å². The normalized spacial score (nSPS) is 23.3. The highest BCUT2D eigenvalue weighted by molar-refractivity contribution is 7.98. The quantitative estimate of drug-likeness (QED) is 0.864. The number of nitrogens with zero attached hydrogens (tertiary/aromatic N) is 3. The summed E-state index contributed by atoms with van der Waals surface area (Å²) in [6.07, 6.45) is 6.33. The number of thioether (sulfide) groups is 1. The Morgan fingerprint density at radius 1 is 1.24 bits per heavy atom. The van der Waals surface area contributed by atoms with Gasteiger partial charge >= 0.3 is 0 Å². The van der Waals surface area contributed by atoms with E-state index in [0.717, 1.165) is 49.1 Å². The van der Waals surface area contributed by atoms with Gasteiger partial charge < -0.3 is 10.0 Å². The molecule has 0 amide bonds. The number of hydrogen-bond acceptors (Lipinski definition) is 5. The van der Waals surface area contributed by atoms with E-state index >= 15 is 0 Å². The summed E-state index contributed by atoms with van der Waals surface area (Å²) in [5, 5.41) is 11.4. The molecule has 112 valence electrons. The summed E-state index contributed by atoms with van der Waals surface area (Å²) in [4.78, 5) is 12.4. The second-order valence-corrected chi connectivity index (χ2v) is 6.80. The molecule has 1 saturated heterocycles. The molecule has 0 bridgehead atoms. The van der Waals surface area contributed by atoms with Gasteiger partial charge in [-0.2, -0.15) is 0 Å². The van der Waals surface area contributed by atoms with Gasteiger partial charge in [0.15, 0.2) is 0 Å². The largest absolute Gasteiger partial charge is 0.390 e. The van der Waals surface area contributed by atoms with Crippen molar-refractivity contribution in [3.63, 3.8) is 0 Å². The Balaban J connectivity index is 1.99. The summed E-state index contributed by atoms with van der Waals surface area (Å²) in [5.41, 5.74) is 0.427. The first-order valence-electron chi connectivity index (χ1n) is 7.35. The van der Waals surface area contributed by atoms with E-state index in [1.54, 1.807) is 18.1 Å². The lowest BCUT2D eigenvalue weighted by atomic mass is 9.98. The molecule has 0 saturated carbocycles. The second-order valence-electron chi connectivity index (χ2n) is 5.92. The van der Waals surface area contributed by atoms with Crippen LogP contribution in [0.2, 0.25) is 0 Å². The van der Waals surface area contributed by atoms with E-state index in [0.29, 0.717) is 0 Å². The van der Waals surface area contributed by atoms with Crippen LogP contribution in [0.15, 0.2) is 29.4 Å². The predicted molar refractivity (Wildman–Crippen MR) is 88.0 cm³/mol. The third-order valence-corrected chi connectivity index (χ3v) is 4.91. The van der Waals surface area contributed by atoms with Crippen molar-refractivity contribution in [3.05, 3.63) is 24.5 Å². The molecule has 1 aromatic heterocycles. The number of benzene rings is 1. The van der Waals surface area contributed by atoms with Crippen LogP contribution in [0, 0.1) is 0 Å². The Kier molecular flexibility index (Phi) is 4.04. The Labute approximate surface area is 129 Å². The molecule has 21 heavy (non-hydrogen) atoms. The number of rotatable bonds is 2. The van der Waals surface area contributed by atoms with Crippen molar-refractivity contribution < 1.29 is 5.11 Å². The Bertz CT molecular complexity index is 644. The number of anilines is 1. The van der Waals surface area contributed by atoms with Crippen LogP contribution >= 0.6 is 11.8 Å². The summed E-state index contributed by atoms with van der Waals surface area (Å²) in [5.74, 6) is 0.994. The van der Waals surface area contributed by atoms with Crippen molar-refractivity contribution >= 4 is 28.5 Å². The van der Waals surface area contributed by atoms with Gasteiger partial charge in [-0.3, -0.25) is 0 Å². The van der Waals surface area contributed by atoms with Crippen LogP contribution in [0.1, 0.15) is 26.2 Å². The van der Waals surface area contributed by atoms with E-state index < -0.39 is 5.60 Å². The molecule has 1 aliphatic rings. The van der Waals surface area contributed by atoms with Crippen LogP contribution < -0.4 is 4.90 Å². The van der Waals surface area contributed by atoms with Gasteiger partial charge in [-0.1, -0.05) is 0 Å². The SMILES string of the molecule is CSc1ccc2ncnc(N3CCCC(C)(O)CC3)c2c1. The predicted octanol–water partition coefficient (Wildman–Crippen LogP) is 3.09. The van der Waals surface area contributed by atoms with Gasteiger partial charge in [0.05, 0.1) is 11.1 Å². The topological polar surface area (TPSA) is 49.2 Å². The maximum absolute atomic E-state index is 10.3. The molecule has 0 radical (unpaired) electrons. The fourth-order valence-corrected chi connectivity index (χ4v) is 3.32. The van der Waals surface area contributed by atoms with Crippen LogP contribution in [0.4, 0.5) is 5.82 Å². The molecule has 1 aliphatic heterocycles. The minimum absolute atomic E-state index is 0.554. The van der Waals surface area contributed by atoms with Crippen LogP contribution in [-0.4, -0.2) is 40.0 Å². The lowest BCUT2D eigenvalue weighted by Crippen LogP contribution is -2.29. The maximum Gasteiger partial charge on any atom is 0.139 e. The summed E-state index contributed by atoms with van der Waals surface area (Å²) in [6, 6.07) is 6.32. The highest BCUT2D eigenvalue weighted by Crippen LogP contribution is 2.30. The fourth-order valence-electron chi connectivity index (χ4n) is 2.88. The van der Waals surface area contributed by atoms with Crippen LogP contribution in [-0.2, 0) is 0 Å². The molecule has 1 N–H and O–H groups in total. The van der Waals surface area contributed by atoms with Crippen LogP contribution in [0.3, 0.4) is 0 Å². The summed E-state index contributed by atoms with van der Waals surface area (Å²) < 4.78 is 0. The Morgan fingerprint density at radius 2 is 2.10 bits per heavy atom. The van der Waals surface area contributed by atoms with E-state index in [4.69, 9.17) is 0 Å². The summed E-state index contributed by atoms with van der Waals surface area (Å²) in [7, 11) is 0. The second kappa shape index (κ2) is 5.81. The molecule has 2 aromatic rings. The third kappa shape index (κ3) is 3.14. The zero-order valence-corrected chi connectivity index (χ0v) is 13.4. The van der Waals surface area contributed by atoms with Gasteiger partial charge in [0.2, 0.25) is 0 Å². The van der Waals surface area contributed by atoms with Gasteiger partial charge in [0.1, 0.15) is 12.1 Å². The number of aliphatic hydroxyl groups is 1. The molecule has 2 heterocycles. The van der Waals surface area contributed by atoms with E-state index in [1.165, 1.54) is 4.90 Å². The van der Waals surface area contributed by atoms with Crippen LogP contribution in [0.25, 0.3) is 10.9 Å². The van der Waals surface area contributed by atoms with Gasteiger partial charge in [-0.15, -0.1) is 11.8 Å². The smallest absolute Gasteiger partial charge is 0.139 e. The van der Waals surface area contributed by atoms with Gasteiger partial charge in [0.25, 0.3) is 0 Å². The molecule has 0 spiro atoms. The molecule has 0 aliphatic carbocycles. The summed E-state index contributed by atoms with van der Waals surface area (Å²) >= 11 is 1.73. The van der Waals surface area contributed by atoms with E-state index in [-0.39, 0.29) is 0 Å². The highest BCUT2D eigenvalue weighted by atomic mass is 32.2. The number of hydrogen-bond donors (Lipinski definition) is 1. The molecule has 1 aromatic carbocycles. The minimum atomic E-state index is -0.554. The van der Waals surface area contributed by atoms with Crippen molar-refractivity contribution in [2.75, 3.05) is 24.2 Å². The zero-order chi connectivity index (χ0) is 14.9. The first kappa shape index (κ1) is 14.6. The highest BCUT2D eigenvalue weighted by Gasteiger charge is 2.26. The van der Waals surface area contributed by atoms with Crippen molar-refractivity contribution in [1.82, 2.24) is 9.97 Å². The number of fused-ring (bicyclic) bond motifs is 1. The molecule has 1 fully saturated rings. The first-order chi connectivity index (χ1) is 10.1. The Hall–Kier alpha value is -1.33. The summed E-state index contributed by atoms with van der Waals surface area (Å²) in [6.45, 7) is 3.70. The van der Waals surface area contributed by atoms with Gasteiger partial charge in [-0.25, -0.2) is 9.97 Å². The molecule has 3 rings (SSSR count). The lowest BCUT2D eigenvalue weighted by molar-refractivity contribution is 0.0481. The van der Waals surface area contributed by atoms with Crippen LogP contribution in [0.5, 0.6) is 0 Å². The molecular weight excluding hydrogens is 282 g/mol. The van der Waals surface area contributed by atoms with Crippen molar-refractivity contribution in [2.45, 2.75) is 36.7 Å². The number of aromatic nitrogens is 2. The van der Waals surface area contributed by atoms with E-state index in [9.17, 15) is 5.11 Å². The molecule has 1 atom stereocenters. The molecular formula is C16H21N3OS.